The summed E-state index contributed by atoms with van der Waals surface area (Å²) in [6, 6.07) is 7.18. The molecule has 0 radical (unpaired) electrons. The Morgan fingerprint density at radius 1 is 1.30 bits per heavy atom. The third-order valence-electron chi connectivity index (χ3n) is 3.43. The molecular weight excluding hydrogens is 252 g/mol. The zero-order valence-electron chi connectivity index (χ0n) is 11.7. The highest BCUT2D eigenvalue weighted by Gasteiger charge is 2.06. The second kappa shape index (κ2) is 7.58. The summed E-state index contributed by atoms with van der Waals surface area (Å²) in [4.78, 5) is 11.7. The predicted molar refractivity (Wildman–Crippen MR) is 80.5 cm³/mol. The van der Waals surface area contributed by atoms with Crippen LogP contribution in [0.5, 0.6) is 5.75 Å². The van der Waals surface area contributed by atoms with Crippen molar-refractivity contribution in [2.24, 2.45) is 0 Å². The van der Waals surface area contributed by atoms with Crippen LogP contribution in [0.15, 0.2) is 35.9 Å². The van der Waals surface area contributed by atoms with Crippen LogP contribution >= 0.6 is 0 Å². The van der Waals surface area contributed by atoms with Gasteiger partial charge in [0.2, 0.25) is 0 Å². The highest BCUT2D eigenvalue weighted by Crippen LogP contribution is 2.20. The third kappa shape index (κ3) is 4.61. The van der Waals surface area contributed by atoms with Gasteiger partial charge in [-0.1, -0.05) is 23.8 Å². The first-order valence-corrected chi connectivity index (χ1v) is 7.17. The number of benzene rings is 1. The monoisotopic (exact) mass is 274 g/mol. The second-order valence-corrected chi connectivity index (χ2v) is 5.03. The van der Waals surface area contributed by atoms with Crippen LogP contribution in [0.4, 0.5) is 5.69 Å². The molecule has 2 rings (SSSR count). The minimum atomic E-state index is -0.107. The van der Waals surface area contributed by atoms with Crippen LogP contribution in [0.2, 0.25) is 0 Å². The van der Waals surface area contributed by atoms with Crippen molar-refractivity contribution in [3.63, 3.8) is 0 Å². The molecule has 1 amide bonds. The number of amides is 1. The Hall–Kier alpha value is -1.97. The van der Waals surface area contributed by atoms with E-state index < -0.39 is 0 Å². The average molecular weight is 274 g/mol. The first-order chi connectivity index (χ1) is 9.75. The van der Waals surface area contributed by atoms with Gasteiger partial charge in [0.1, 0.15) is 5.75 Å². The van der Waals surface area contributed by atoms with Crippen molar-refractivity contribution in [2.45, 2.75) is 32.1 Å². The van der Waals surface area contributed by atoms with E-state index >= 15 is 0 Å². The summed E-state index contributed by atoms with van der Waals surface area (Å²) in [6.45, 7) is 0.686. The first kappa shape index (κ1) is 14.4. The molecule has 108 valence electrons. The fourth-order valence-electron chi connectivity index (χ4n) is 2.30. The molecule has 4 nitrogen and oxygen atoms in total. The molecule has 0 atom stereocenters. The summed E-state index contributed by atoms with van der Waals surface area (Å²) in [5.41, 5.74) is 7.75. The number of hydrogen-bond donors (Lipinski definition) is 2. The topological polar surface area (TPSA) is 64.3 Å². The van der Waals surface area contributed by atoms with E-state index in [1.807, 2.05) is 12.1 Å². The van der Waals surface area contributed by atoms with Crippen LogP contribution < -0.4 is 15.8 Å². The van der Waals surface area contributed by atoms with Crippen LogP contribution in [0.3, 0.4) is 0 Å². The Morgan fingerprint density at radius 2 is 2.15 bits per heavy atom. The molecule has 20 heavy (non-hydrogen) atoms. The number of nitrogen functional groups attached to an aromatic ring is 1. The summed E-state index contributed by atoms with van der Waals surface area (Å²) in [5.74, 6) is 0.447. The highest BCUT2D eigenvalue weighted by atomic mass is 16.5. The maximum absolute atomic E-state index is 11.7. The molecule has 4 heteroatoms. The average Bonchev–Trinajstić information content (AvgIpc) is 2.47. The van der Waals surface area contributed by atoms with Gasteiger partial charge in [-0.3, -0.25) is 4.79 Å². The molecule has 1 aromatic rings. The van der Waals surface area contributed by atoms with E-state index in [0.717, 1.165) is 6.42 Å². The Kier molecular flexibility index (Phi) is 5.47. The number of ether oxygens (including phenoxy) is 1. The fraction of sp³-hybridized carbons (Fsp3) is 0.438. The normalized spacial score (nSPS) is 14.5. The second-order valence-electron chi connectivity index (χ2n) is 5.03. The summed E-state index contributed by atoms with van der Waals surface area (Å²) < 4.78 is 5.39. The Balaban J connectivity index is 1.65. The maximum Gasteiger partial charge on any atom is 0.257 e. The van der Waals surface area contributed by atoms with Crippen molar-refractivity contribution in [2.75, 3.05) is 18.9 Å². The molecule has 0 aromatic heterocycles. The maximum atomic E-state index is 11.7. The van der Waals surface area contributed by atoms with E-state index in [-0.39, 0.29) is 12.5 Å². The number of nitrogens with two attached hydrogens (primary N) is 1. The SMILES string of the molecule is Nc1ccccc1OCC(=O)NCCC1=CCCCC1. The summed E-state index contributed by atoms with van der Waals surface area (Å²) in [7, 11) is 0. The van der Waals surface area contributed by atoms with Crippen molar-refractivity contribution in [1.29, 1.82) is 0 Å². The molecule has 0 bridgehead atoms. The van der Waals surface area contributed by atoms with E-state index in [1.54, 1.807) is 12.1 Å². The summed E-state index contributed by atoms with van der Waals surface area (Å²) >= 11 is 0. The van der Waals surface area contributed by atoms with Crippen molar-refractivity contribution in [3.05, 3.63) is 35.9 Å². The molecule has 1 aliphatic carbocycles. The predicted octanol–water partition coefficient (Wildman–Crippen LogP) is 2.65. The molecule has 0 saturated carbocycles. The van der Waals surface area contributed by atoms with Gasteiger partial charge in [-0.05, 0) is 44.2 Å². The molecule has 0 fully saturated rings. The Labute approximate surface area is 120 Å². The minimum absolute atomic E-state index is 0.00720. The largest absolute Gasteiger partial charge is 0.482 e. The summed E-state index contributed by atoms with van der Waals surface area (Å²) in [5, 5.41) is 2.87. The zero-order chi connectivity index (χ0) is 14.2. The molecule has 1 aliphatic rings. The van der Waals surface area contributed by atoms with Gasteiger partial charge in [0.15, 0.2) is 6.61 Å². The van der Waals surface area contributed by atoms with Crippen molar-refractivity contribution in [1.82, 2.24) is 5.32 Å². The molecule has 0 saturated heterocycles. The van der Waals surface area contributed by atoms with Gasteiger partial charge in [-0.2, -0.15) is 0 Å². The summed E-state index contributed by atoms with van der Waals surface area (Å²) in [6.07, 6.45) is 8.17. The first-order valence-electron chi connectivity index (χ1n) is 7.17. The number of rotatable bonds is 6. The molecule has 0 unspecified atom stereocenters. The smallest absolute Gasteiger partial charge is 0.257 e. The van der Waals surface area contributed by atoms with Crippen molar-refractivity contribution < 1.29 is 9.53 Å². The Morgan fingerprint density at radius 3 is 2.90 bits per heavy atom. The molecule has 0 heterocycles. The number of anilines is 1. The number of carbonyl (C=O) groups excluding carboxylic acids is 1. The van der Waals surface area contributed by atoms with Crippen molar-refractivity contribution in [3.8, 4) is 5.75 Å². The van der Waals surface area contributed by atoms with E-state index in [4.69, 9.17) is 10.5 Å². The van der Waals surface area contributed by atoms with Gasteiger partial charge >= 0.3 is 0 Å². The molecule has 0 spiro atoms. The lowest BCUT2D eigenvalue weighted by Gasteiger charge is -2.13. The standard InChI is InChI=1S/C16H22N2O2/c17-14-8-4-5-9-15(14)20-12-16(19)18-11-10-13-6-2-1-3-7-13/h4-6,8-9H,1-3,7,10-12,17H2,(H,18,19). The van der Waals surface area contributed by atoms with Gasteiger partial charge in [0.25, 0.3) is 5.91 Å². The zero-order valence-corrected chi connectivity index (χ0v) is 11.7. The number of nitrogens with one attached hydrogen (secondary N) is 1. The molecular formula is C16H22N2O2. The van der Waals surface area contributed by atoms with E-state index in [0.29, 0.717) is 18.0 Å². The molecule has 1 aromatic carbocycles. The minimum Gasteiger partial charge on any atom is -0.482 e. The van der Waals surface area contributed by atoms with Gasteiger partial charge in [-0.25, -0.2) is 0 Å². The Bertz CT molecular complexity index is 483. The van der Waals surface area contributed by atoms with Gasteiger partial charge in [-0.15, -0.1) is 0 Å². The van der Waals surface area contributed by atoms with Crippen LogP contribution in [0.1, 0.15) is 32.1 Å². The molecule has 0 aliphatic heterocycles. The lowest BCUT2D eigenvalue weighted by molar-refractivity contribution is -0.123. The van der Waals surface area contributed by atoms with Gasteiger partial charge in [0, 0.05) is 6.54 Å². The van der Waals surface area contributed by atoms with E-state index in [9.17, 15) is 4.79 Å². The van der Waals surface area contributed by atoms with Crippen LogP contribution in [0, 0.1) is 0 Å². The highest BCUT2D eigenvalue weighted by molar-refractivity contribution is 5.77. The van der Waals surface area contributed by atoms with Crippen LogP contribution in [0.25, 0.3) is 0 Å². The van der Waals surface area contributed by atoms with Crippen LogP contribution in [-0.2, 0) is 4.79 Å². The third-order valence-corrected chi connectivity index (χ3v) is 3.43. The van der Waals surface area contributed by atoms with E-state index in [2.05, 4.69) is 11.4 Å². The molecule has 3 N–H and O–H groups in total. The van der Waals surface area contributed by atoms with Gasteiger partial charge in [0.05, 0.1) is 5.69 Å². The van der Waals surface area contributed by atoms with E-state index in [1.165, 1.54) is 31.3 Å². The quantitative estimate of drug-likeness (QED) is 0.619. The van der Waals surface area contributed by atoms with Crippen LogP contribution in [-0.4, -0.2) is 19.1 Å². The lowest BCUT2D eigenvalue weighted by Crippen LogP contribution is -2.30. The number of allylic oxidation sites excluding steroid dienone is 1. The number of hydrogen-bond acceptors (Lipinski definition) is 3. The lowest BCUT2D eigenvalue weighted by atomic mass is 9.97. The fourth-order valence-corrected chi connectivity index (χ4v) is 2.30. The number of carbonyl (C=O) groups is 1. The van der Waals surface area contributed by atoms with Gasteiger partial charge < -0.3 is 15.8 Å². The van der Waals surface area contributed by atoms with Crippen molar-refractivity contribution >= 4 is 11.6 Å². The number of para-hydroxylation sites is 2.